The summed E-state index contributed by atoms with van der Waals surface area (Å²) in [7, 11) is 1.57. The number of pyridine rings is 1. The summed E-state index contributed by atoms with van der Waals surface area (Å²) >= 11 is 0. The number of halogens is 3. The number of aryl methyl sites for hydroxylation is 2. The molecule has 1 spiro atoms. The highest BCUT2D eigenvalue weighted by molar-refractivity contribution is 5.77. The fraction of sp³-hybridized carbons (Fsp3) is 0.406. The lowest BCUT2D eigenvalue weighted by Crippen LogP contribution is -2.36. The molecular weight excluding hydrogens is 549 g/mol. The number of ether oxygens (including phenoxy) is 2. The van der Waals surface area contributed by atoms with E-state index in [1.807, 2.05) is 37.3 Å². The van der Waals surface area contributed by atoms with Crippen molar-refractivity contribution in [3.8, 4) is 16.9 Å². The van der Waals surface area contributed by atoms with Crippen LogP contribution in [0.5, 0.6) is 5.75 Å². The lowest BCUT2D eigenvalue weighted by atomic mass is 9.71. The Morgan fingerprint density at radius 2 is 1.81 bits per heavy atom. The molecule has 3 fully saturated rings. The second-order valence-corrected chi connectivity index (χ2v) is 11.7. The van der Waals surface area contributed by atoms with Crippen molar-refractivity contribution in [2.24, 2.45) is 5.92 Å². The minimum atomic E-state index is -4.51. The SMILES string of the molecule is COc1ccc(C2CC(C(=O)O)C2)cc1-c1ccc(C)nc1CN1C(=O)O[C@H](c2cc(C)cc(C(F)(F)F)c2)C12CC2. The summed E-state index contributed by atoms with van der Waals surface area (Å²) < 4.78 is 52.2. The molecule has 1 N–H and O–H groups in total. The number of rotatable bonds is 7. The highest BCUT2D eigenvalue weighted by Crippen LogP contribution is 2.58. The van der Waals surface area contributed by atoms with Crippen LogP contribution in [0.1, 0.15) is 71.3 Å². The van der Waals surface area contributed by atoms with Crippen molar-refractivity contribution in [3.05, 3.63) is 82.2 Å². The Hall–Kier alpha value is -4.08. The van der Waals surface area contributed by atoms with Crippen LogP contribution in [0, 0.1) is 19.8 Å². The molecule has 0 bridgehead atoms. The fourth-order valence-electron chi connectivity index (χ4n) is 6.39. The number of carboxylic acid groups (broad SMARTS) is 1. The van der Waals surface area contributed by atoms with Gasteiger partial charge in [-0.3, -0.25) is 14.7 Å². The van der Waals surface area contributed by atoms with Crippen LogP contribution < -0.4 is 4.74 Å². The number of nitrogens with zero attached hydrogens (tertiary/aromatic N) is 2. The maximum absolute atomic E-state index is 13.6. The molecule has 1 atom stereocenters. The summed E-state index contributed by atoms with van der Waals surface area (Å²) in [5.74, 6) is -0.392. The zero-order valence-corrected chi connectivity index (χ0v) is 23.5. The molecule has 2 aliphatic carbocycles. The van der Waals surface area contributed by atoms with Crippen LogP contribution in [0.4, 0.5) is 18.0 Å². The first-order chi connectivity index (χ1) is 19.9. The van der Waals surface area contributed by atoms with Crippen LogP contribution >= 0.6 is 0 Å². The number of cyclic esters (lactones) is 1. The van der Waals surface area contributed by atoms with Gasteiger partial charge in [-0.1, -0.05) is 23.8 Å². The second kappa shape index (κ2) is 10.0. The van der Waals surface area contributed by atoms with E-state index in [4.69, 9.17) is 14.5 Å². The Morgan fingerprint density at radius 3 is 2.45 bits per heavy atom. The highest BCUT2D eigenvalue weighted by Gasteiger charge is 2.63. The molecule has 7 nitrogen and oxygen atoms in total. The van der Waals surface area contributed by atoms with Crippen LogP contribution in [0.25, 0.3) is 11.1 Å². The number of carboxylic acids is 1. The fourth-order valence-corrected chi connectivity index (χ4v) is 6.39. The minimum Gasteiger partial charge on any atom is -0.496 e. The Balaban J connectivity index is 1.34. The standard InChI is InChI=1S/C32H31F3N2O5/c1-17-10-21(14-23(11-17)32(33,34)35)28-31(8-9-31)37(30(40)42-28)16-26-24(6-4-18(2)36-26)25-15-19(5-7-27(25)41-3)20-12-22(13-20)29(38)39/h4-7,10-11,14-15,20,22,28H,8-9,12-13,16H2,1-3H3,(H,38,39)/t20?,22?,28-/m1/s1. The van der Waals surface area contributed by atoms with E-state index in [9.17, 15) is 27.9 Å². The molecule has 1 aromatic heterocycles. The van der Waals surface area contributed by atoms with Gasteiger partial charge in [0.1, 0.15) is 5.75 Å². The van der Waals surface area contributed by atoms with Crippen LogP contribution in [0.2, 0.25) is 0 Å². The van der Waals surface area contributed by atoms with Gasteiger partial charge in [-0.25, -0.2) is 4.79 Å². The van der Waals surface area contributed by atoms with E-state index in [2.05, 4.69) is 0 Å². The quantitative estimate of drug-likeness (QED) is 0.318. The summed E-state index contributed by atoms with van der Waals surface area (Å²) in [6, 6.07) is 13.4. The van der Waals surface area contributed by atoms with Crippen molar-refractivity contribution in [3.63, 3.8) is 0 Å². The van der Waals surface area contributed by atoms with Gasteiger partial charge in [-0.15, -0.1) is 0 Å². The van der Waals surface area contributed by atoms with Crippen molar-refractivity contribution >= 4 is 12.1 Å². The molecule has 3 aromatic rings. The van der Waals surface area contributed by atoms with E-state index in [1.165, 1.54) is 0 Å². The van der Waals surface area contributed by atoms with Gasteiger partial charge in [0, 0.05) is 16.8 Å². The average Bonchev–Trinajstić information content (AvgIpc) is 3.64. The molecule has 1 aliphatic heterocycles. The van der Waals surface area contributed by atoms with Gasteiger partial charge in [0.2, 0.25) is 0 Å². The summed E-state index contributed by atoms with van der Waals surface area (Å²) in [6.07, 6.45) is -3.58. The zero-order valence-electron chi connectivity index (χ0n) is 23.5. The summed E-state index contributed by atoms with van der Waals surface area (Å²) in [4.78, 5) is 31.0. The zero-order chi connectivity index (χ0) is 30.0. The van der Waals surface area contributed by atoms with Gasteiger partial charge in [0.25, 0.3) is 0 Å². The van der Waals surface area contributed by atoms with Gasteiger partial charge in [-0.05, 0) is 86.9 Å². The minimum absolute atomic E-state index is 0.113. The van der Waals surface area contributed by atoms with Crippen LogP contribution in [-0.4, -0.2) is 39.7 Å². The van der Waals surface area contributed by atoms with E-state index in [1.54, 1.807) is 25.0 Å². The third kappa shape index (κ3) is 4.86. The van der Waals surface area contributed by atoms with Crippen LogP contribution in [0.15, 0.2) is 48.5 Å². The molecule has 2 saturated carbocycles. The first-order valence-corrected chi connectivity index (χ1v) is 13.9. The number of methoxy groups -OCH3 is 1. The summed E-state index contributed by atoms with van der Waals surface area (Å²) in [5.41, 5.74) is 3.17. The Kier molecular flexibility index (Phi) is 6.70. The van der Waals surface area contributed by atoms with E-state index in [-0.39, 0.29) is 18.4 Å². The maximum Gasteiger partial charge on any atom is 0.416 e. The number of alkyl halides is 3. The van der Waals surface area contributed by atoms with Gasteiger partial charge in [-0.2, -0.15) is 13.2 Å². The smallest absolute Gasteiger partial charge is 0.416 e. The Labute approximate surface area is 241 Å². The molecule has 2 heterocycles. The number of carbonyl (C=O) groups excluding carboxylic acids is 1. The molecule has 6 rings (SSSR count). The predicted molar refractivity (Wildman–Crippen MR) is 147 cm³/mol. The van der Waals surface area contributed by atoms with Crippen molar-refractivity contribution < 1.29 is 37.3 Å². The topological polar surface area (TPSA) is 89.0 Å². The van der Waals surface area contributed by atoms with Gasteiger partial charge < -0.3 is 14.6 Å². The number of aromatic nitrogens is 1. The number of hydrogen-bond donors (Lipinski definition) is 1. The number of carbonyl (C=O) groups is 2. The van der Waals surface area contributed by atoms with Gasteiger partial charge in [0.05, 0.1) is 36.4 Å². The van der Waals surface area contributed by atoms with Crippen molar-refractivity contribution in [1.29, 1.82) is 0 Å². The molecule has 0 unspecified atom stereocenters. The molecule has 0 radical (unpaired) electrons. The molecule has 220 valence electrons. The van der Waals surface area contributed by atoms with Crippen LogP contribution in [-0.2, 0) is 22.3 Å². The first kappa shape index (κ1) is 28.1. The highest BCUT2D eigenvalue weighted by atomic mass is 19.4. The number of hydrogen-bond acceptors (Lipinski definition) is 5. The van der Waals surface area contributed by atoms with E-state index >= 15 is 0 Å². The van der Waals surface area contributed by atoms with E-state index < -0.39 is 35.4 Å². The molecule has 1 amide bonds. The second-order valence-electron chi connectivity index (χ2n) is 11.7. The van der Waals surface area contributed by atoms with Crippen molar-refractivity contribution in [1.82, 2.24) is 9.88 Å². The lowest BCUT2D eigenvalue weighted by Gasteiger charge is -2.33. The molecule has 10 heteroatoms. The third-order valence-corrected chi connectivity index (χ3v) is 8.85. The molecular formula is C32H31F3N2O5. The van der Waals surface area contributed by atoms with Crippen molar-refractivity contribution in [2.45, 2.75) is 69.8 Å². The van der Waals surface area contributed by atoms with Crippen molar-refractivity contribution in [2.75, 3.05) is 7.11 Å². The first-order valence-electron chi connectivity index (χ1n) is 13.9. The number of benzene rings is 2. The van der Waals surface area contributed by atoms with E-state index in [0.717, 1.165) is 34.5 Å². The number of aliphatic carboxylic acids is 1. The normalized spacial score (nSPS) is 22.6. The molecule has 3 aliphatic rings. The Bertz CT molecular complexity index is 1580. The molecule has 42 heavy (non-hydrogen) atoms. The molecule has 1 saturated heterocycles. The largest absolute Gasteiger partial charge is 0.496 e. The summed E-state index contributed by atoms with van der Waals surface area (Å²) in [5, 5.41) is 9.31. The number of amides is 1. The third-order valence-electron chi connectivity index (χ3n) is 8.85. The maximum atomic E-state index is 13.6. The van der Waals surface area contributed by atoms with E-state index in [0.29, 0.717) is 48.3 Å². The van der Waals surface area contributed by atoms with Gasteiger partial charge >= 0.3 is 18.2 Å². The van der Waals surface area contributed by atoms with Crippen LogP contribution in [0.3, 0.4) is 0 Å². The summed E-state index contributed by atoms with van der Waals surface area (Å²) in [6.45, 7) is 3.57. The average molecular weight is 581 g/mol. The molecule has 2 aromatic carbocycles. The van der Waals surface area contributed by atoms with Gasteiger partial charge in [0.15, 0.2) is 6.10 Å². The Morgan fingerprint density at radius 1 is 1.07 bits per heavy atom. The lowest BCUT2D eigenvalue weighted by molar-refractivity contribution is -0.145. The predicted octanol–water partition coefficient (Wildman–Crippen LogP) is 7.20. The monoisotopic (exact) mass is 580 g/mol.